The molecule has 0 bridgehead atoms. The van der Waals surface area contributed by atoms with Gasteiger partial charge in [-0.15, -0.1) is 0 Å². The molecule has 2 aromatic rings. The van der Waals surface area contributed by atoms with Crippen molar-refractivity contribution in [3.63, 3.8) is 0 Å². The van der Waals surface area contributed by atoms with Crippen molar-refractivity contribution in [2.75, 3.05) is 18.6 Å². The van der Waals surface area contributed by atoms with Crippen molar-refractivity contribution in [3.05, 3.63) is 52.8 Å². The zero-order valence-corrected chi connectivity index (χ0v) is 17.6. The summed E-state index contributed by atoms with van der Waals surface area (Å²) in [5, 5.41) is 8.58. The fourth-order valence-electron chi connectivity index (χ4n) is 3.47. The Labute approximate surface area is 166 Å². The van der Waals surface area contributed by atoms with Gasteiger partial charge in [-0.25, -0.2) is 8.42 Å². The summed E-state index contributed by atoms with van der Waals surface area (Å²) in [4.78, 5) is 1.99. The fraction of sp³-hybridized carbons (Fsp3) is 0.474. The third kappa shape index (κ3) is 4.68. The number of aromatic nitrogens is 2. The average Bonchev–Trinajstić information content (AvgIpc) is 3.13. The summed E-state index contributed by atoms with van der Waals surface area (Å²) in [6.07, 6.45) is 0.636. The van der Waals surface area contributed by atoms with Crippen LogP contribution in [0.15, 0.2) is 30.3 Å². The first-order chi connectivity index (χ1) is 12.8. The first-order valence-corrected chi connectivity index (χ1v) is 11.3. The molecule has 1 aliphatic rings. The van der Waals surface area contributed by atoms with Crippen molar-refractivity contribution in [2.24, 2.45) is 0 Å². The van der Waals surface area contributed by atoms with E-state index in [2.05, 4.69) is 22.5 Å². The number of rotatable bonds is 5. The first-order valence-electron chi connectivity index (χ1n) is 9.05. The van der Waals surface area contributed by atoms with Crippen molar-refractivity contribution in [1.82, 2.24) is 20.0 Å². The van der Waals surface area contributed by atoms with Gasteiger partial charge in [-0.1, -0.05) is 30.3 Å². The molecule has 146 valence electrons. The molecule has 1 atom stereocenters. The van der Waals surface area contributed by atoms with Gasteiger partial charge in [0.15, 0.2) is 14.9 Å². The van der Waals surface area contributed by atoms with Crippen molar-refractivity contribution in [1.29, 1.82) is 0 Å². The summed E-state index contributed by atoms with van der Waals surface area (Å²) in [6, 6.07) is 10.1. The molecule has 3 rings (SSSR count). The summed E-state index contributed by atoms with van der Waals surface area (Å²) >= 11 is 5.51. The van der Waals surface area contributed by atoms with Crippen molar-refractivity contribution < 1.29 is 8.42 Å². The second-order valence-electron chi connectivity index (χ2n) is 7.15. The summed E-state index contributed by atoms with van der Waals surface area (Å²) < 4.78 is 25.5. The number of nitrogens with one attached hydrogen (secondary N) is 1. The lowest BCUT2D eigenvalue weighted by Gasteiger charge is -2.21. The molecule has 1 N–H and O–H groups in total. The van der Waals surface area contributed by atoms with E-state index >= 15 is 0 Å². The number of aryl methyl sites for hydroxylation is 1. The van der Waals surface area contributed by atoms with Crippen molar-refractivity contribution >= 4 is 27.2 Å². The Balaban J connectivity index is 1.65. The molecular formula is C19H26N4O2S2. The topological polar surface area (TPSA) is 67.2 Å². The number of hydrogen-bond donors (Lipinski definition) is 1. The van der Waals surface area contributed by atoms with E-state index in [0.717, 1.165) is 17.0 Å². The molecule has 0 aliphatic carbocycles. The molecule has 0 amide bonds. The molecule has 6 nitrogen and oxygen atoms in total. The Morgan fingerprint density at radius 2 is 2.04 bits per heavy atom. The third-order valence-corrected chi connectivity index (χ3v) is 7.26. The van der Waals surface area contributed by atoms with Crippen LogP contribution in [0.3, 0.4) is 0 Å². The highest BCUT2D eigenvalue weighted by atomic mass is 32.2. The van der Waals surface area contributed by atoms with E-state index in [-0.39, 0.29) is 17.5 Å². The van der Waals surface area contributed by atoms with Crippen LogP contribution in [0, 0.1) is 13.8 Å². The van der Waals surface area contributed by atoms with Gasteiger partial charge in [0.2, 0.25) is 0 Å². The third-order valence-electron chi connectivity index (χ3n) is 5.06. The Bertz CT molecular complexity index is 923. The predicted molar refractivity (Wildman–Crippen MR) is 111 cm³/mol. The van der Waals surface area contributed by atoms with Gasteiger partial charge < -0.3 is 10.2 Å². The summed E-state index contributed by atoms with van der Waals surface area (Å²) in [5.41, 5.74) is 4.23. The summed E-state index contributed by atoms with van der Waals surface area (Å²) in [7, 11) is -0.981. The molecule has 0 unspecified atom stereocenters. The van der Waals surface area contributed by atoms with Gasteiger partial charge in [-0.2, -0.15) is 5.10 Å². The van der Waals surface area contributed by atoms with E-state index in [1.807, 2.05) is 48.7 Å². The maximum absolute atomic E-state index is 11.8. The summed E-state index contributed by atoms with van der Waals surface area (Å²) in [5.74, 6) is 0.431. The van der Waals surface area contributed by atoms with Crippen molar-refractivity contribution in [2.45, 2.75) is 39.4 Å². The van der Waals surface area contributed by atoms with E-state index in [1.54, 1.807) is 0 Å². The van der Waals surface area contributed by atoms with Crippen LogP contribution in [0.2, 0.25) is 0 Å². The van der Waals surface area contributed by atoms with Gasteiger partial charge in [-0.05, 0) is 38.0 Å². The maximum atomic E-state index is 11.8. The number of nitrogens with zero attached hydrogens (tertiary/aromatic N) is 3. The van der Waals surface area contributed by atoms with Gasteiger partial charge >= 0.3 is 0 Å². The molecule has 2 heterocycles. The molecule has 8 heteroatoms. The molecule has 0 spiro atoms. The highest BCUT2D eigenvalue weighted by molar-refractivity contribution is 7.91. The van der Waals surface area contributed by atoms with E-state index < -0.39 is 9.84 Å². The lowest BCUT2D eigenvalue weighted by atomic mass is 10.2. The zero-order valence-electron chi connectivity index (χ0n) is 16.0. The maximum Gasteiger partial charge on any atom is 0.169 e. The van der Waals surface area contributed by atoms with E-state index in [0.29, 0.717) is 24.6 Å². The van der Waals surface area contributed by atoms with Gasteiger partial charge in [0.1, 0.15) is 0 Å². The highest BCUT2D eigenvalue weighted by Gasteiger charge is 2.31. The second kappa shape index (κ2) is 7.98. The Morgan fingerprint density at radius 3 is 2.67 bits per heavy atom. The molecule has 1 saturated heterocycles. The van der Waals surface area contributed by atoms with Crippen LogP contribution in [0.5, 0.6) is 0 Å². The fourth-order valence-corrected chi connectivity index (χ4v) is 5.30. The van der Waals surface area contributed by atoms with E-state index in [4.69, 9.17) is 12.2 Å². The molecule has 1 fully saturated rings. The lowest BCUT2D eigenvalue weighted by Crippen LogP contribution is -2.36. The SMILES string of the molecule is Cc1nn([C@@H]2CCS(=O)(=O)C2)c(C)c1CN(C)C(=S)NCc1ccccc1. The quantitative estimate of drug-likeness (QED) is 0.769. The smallest absolute Gasteiger partial charge is 0.169 e. The number of thiocarbonyl (C=S) groups is 1. The minimum atomic E-state index is -2.94. The summed E-state index contributed by atoms with van der Waals surface area (Å²) in [6.45, 7) is 5.30. The molecule has 1 aliphatic heterocycles. The Morgan fingerprint density at radius 1 is 1.33 bits per heavy atom. The Hall–Kier alpha value is -1.93. The standard InChI is InChI=1S/C19H26N4O2S2/c1-14-18(15(2)23(21-14)17-9-10-27(24,25)13-17)12-22(3)19(26)20-11-16-7-5-4-6-8-16/h4-8,17H,9-13H2,1-3H3,(H,20,26)/t17-/m1/s1. The minimum Gasteiger partial charge on any atom is -0.358 e. The molecule has 1 aromatic heterocycles. The van der Waals surface area contributed by atoms with Crippen LogP contribution < -0.4 is 5.32 Å². The van der Waals surface area contributed by atoms with Gasteiger partial charge in [0.25, 0.3) is 0 Å². The minimum absolute atomic E-state index is 0.0593. The number of benzene rings is 1. The molecule has 27 heavy (non-hydrogen) atoms. The number of sulfone groups is 1. The first kappa shape index (κ1) is 19.8. The largest absolute Gasteiger partial charge is 0.358 e. The Kier molecular flexibility index (Phi) is 5.86. The molecular weight excluding hydrogens is 380 g/mol. The van der Waals surface area contributed by atoms with Gasteiger partial charge in [0, 0.05) is 31.4 Å². The van der Waals surface area contributed by atoms with Crippen LogP contribution in [0.4, 0.5) is 0 Å². The van der Waals surface area contributed by atoms with Crippen molar-refractivity contribution in [3.8, 4) is 0 Å². The predicted octanol–water partition coefficient (Wildman–Crippen LogP) is 2.37. The van der Waals surface area contributed by atoms with Gasteiger partial charge in [-0.3, -0.25) is 4.68 Å². The average molecular weight is 407 g/mol. The molecule has 1 aromatic carbocycles. The van der Waals surface area contributed by atoms with Crippen LogP contribution in [-0.2, 0) is 22.9 Å². The monoisotopic (exact) mass is 406 g/mol. The van der Waals surface area contributed by atoms with E-state index in [9.17, 15) is 8.42 Å². The van der Waals surface area contributed by atoms with Gasteiger partial charge in [0.05, 0.1) is 23.2 Å². The second-order valence-corrected chi connectivity index (χ2v) is 9.77. The van der Waals surface area contributed by atoms with Crippen LogP contribution in [0.1, 0.15) is 35.0 Å². The number of hydrogen-bond acceptors (Lipinski definition) is 4. The van der Waals surface area contributed by atoms with Crippen LogP contribution >= 0.6 is 12.2 Å². The lowest BCUT2D eigenvalue weighted by molar-refractivity contribution is 0.474. The van der Waals surface area contributed by atoms with Crippen LogP contribution in [-0.4, -0.2) is 46.8 Å². The highest BCUT2D eigenvalue weighted by Crippen LogP contribution is 2.27. The zero-order chi connectivity index (χ0) is 19.6. The van der Waals surface area contributed by atoms with E-state index in [1.165, 1.54) is 5.56 Å². The molecule has 0 saturated carbocycles. The molecule has 0 radical (unpaired) electrons. The van der Waals surface area contributed by atoms with Crippen LogP contribution in [0.25, 0.3) is 0 Å². The normalized spacial score (nSPS) is 18.4.